The number of Topliss-reactive ketones (excluding diaryl/α,β-unsaturated/α-hetero) is 1. The van der Waals surface area contributed by atoms with Gasteiger partial charge in [-0.2, -0.15) is 0 Å². The summed E-state index contributed by atoms with van der Waals surface area (Å²) in [5.74, 6) is -1.74. The van der Waals surface area contributed by atoms with Gasteiger partial charge < -0.3 is 10.2 Å². The van der Waals surface area contributed by atoms with Crippen LogP contribution in [0, 0.1) is 0 Å². The molecule has 1 atom stereocenters. The zero-order chi connectivity index (χ0) is 21.1. The van der Waals surface area contributed by atoms with Crippen LogP contribution in [0.1, 0.15) is 23.6 Å². The van der Waals surface area contributed by atoms with Gasteiger partial charge in [0.2, 0.25) is 0 Å². The van der Waals surface area contributed by atoms with Gasteiger partial charge in [-0.3, -0.25) is 19.5 Å². The minimum Gasteiger partial charge on any atom is -0.506 e. The van der Waals surface area contributed by atoms with Gasteiger partial charge in [-0.25, -0.2) is 0 Å². The van der Waals surface area contributed by atoms with Crippen molar-refractivity contribution in [3.63, 3.8) is 0 Å². The third-order valence-corrected chi connectivity index (χ3v) is 5.16. The molecule has 6 nitrogen and oxygen atoms in total. The average molecular weight is 400 g/mol. The minimum absolute atomic E-state index is 0.0328. The van der Waals surface area contributed by atoms with E-state index in [1.165, 1.54) is 11.0 Å². The Balaban J connectivity index is 1.73. The van der Waals surface area contributed by atoms with Crippen LogP contribution in [-0.4, -0.2) is 26.9 Å². The van der Waals surface area contributed by atoms with Gasteiger partial charge in [-0.15, -0.1) is 0 Å². The molecular formula is C24H20N2O4. The lowest BCUT2D eigenvalue weighted by Gasteiger charge is -2.27. The Bertz CT molecular complexity index is 1110. The highest BCUT2D eigenvalue weighted by Gasteiger charge is 2.44. The van der Waals surface area contributed by atoms with Crippen LogP contribution >= 0.6 is 0 Å². The first-order valence-corrected chi connectivity index (χ1v) is 9.59. The van der Waals surface area contributed by atoms with Crippen molar-refractivity contribution in [1.82, 2.24) is 4.98 Å². The summed E-state index contributed by atoms with van der Waals surface area (Å²) in [5.41, 5.74) is 1.87. The number of aromatic nitrogens is 1. The van der Waals surface area contributed by atoms with Crippen molar-refractivity contribution in [3.8, 4) is 5.75 Å². The van der Waals surface area contributed by atoms with Crippen LogP contribution in [0.5, 0.6) is 5.75 Å². The molecule has 150 valence electrons. The number of carbonyl (C=O) groups excluding carboxylic acids is 2. The third-order valence-electron chi connectivity index (χ3n) is 5.16. The molecule has 1 aliphatic rings. The van der Waals surface area contributed by atoms with Crippen molar-refractivity contribution >= 4 is 17.4 Å². The molecule has 2 heterocycles. The molecule has 0 aliphatic carbocycles. The molecule has 0 bridgehead atoms. The maximum Gasteiger partial charge on any atom is 0.294 e. The van der Waals surface area contributed by atoms with Gasteiger partial charge in [0.05, 0.1) is 17.3 Å². The molecule has 0 fully saturated rings. The summed E-state index contributed by atoms with van der Waals surface area (Å²) < 4.78 is 0. The summed E-state index contributed by atoms with van der Waals surface area (Å²) in [4.78, 5) is 31.4. The number of phenolic OH excluding ortho intramolecular Hbond substituents is 1. The summed E-state index contributed by atoms with van der Waals surface area (Å²) in [5, 5.41) is 21.0. The molecule has 2 aromatic carbocycles. The van der Waals surface area contributed by atoms with Crippen LogP contribution in [0.3, 0.4) is 0 Å². The first-order chi connectivity index (χ1) is 14.6. The number of nitrogens with zero attached hydrogens (tertiary/aromatic N) is 2. The number of aliphatic hydroxyl groups is 1. The number of amides is 1. The van der Waals surface area contributed by atoms with Crippen molar-refractivity contribution in [2.75, 3.05) is 4.90 Å². The Kier molecular flexibility index (Phi) is 5.30. The monoisotopic (exact) mass is 400 g/mol. The van der Waals surface area contributed by atoms with Crippen LogP contribution in [-0.2, 0) is 16.0 Å². The minimum atomic E-state index is -0.850. The van der Waals surface area contributed by atoms with Gasteiger partial charge in [0.1, 0.15) is 5.75 Å². The molecule has 1 aromatic heterocycles. The topological polar surface area (TPSA) is 90.7 Å². The van der Waals surface area contributed by atoms with E-state index < -0.39 is 17.7 Å². The van der Waals surface area contributed by atoms with E-state index in [0.29, 0.717) is 12.0 Å². The van der Waals surface area contributed by atoms with Gasteiger partial charge >= 0.3 is 0 Å². The Morgan fingerprint density at radius 1 is 0.933 bits per heavy atom. The number of anilines is 1. The Morgan fingerprint density at radius 3 is 2.30 bits per heavy atom. The van der Waals surface area contributed by atoms with Crippen molar-refractivity contribution in [1.29, 1.82) is 0 Å². The molecule has 0 radical (unpaired) electrons. The van der Waals surface area contributed by atoms with E-state index in [1.807, 2.05) is 30.3 Å². The van der Waals surface area contributed by atoms with Crippen LogP contribution in [0.25, 0.3) is 0 Å². The van der Waals surface area contributed by atoms with Crippen LogP contribution in [0.4, 0.5) is 5.69 Å². The fourth-order valence-electron chi connectivity index (χ4n) is 3.70. The smallest absolute Gasteiger partial charge is 0.294 e. The van der Waals surface area contributed by atoms with Crippen LogP contribution in [0.15, 0.2) is 90.5 Å². The molecule has 1 amide bonds. The number of aromatic hydroxyl groups is 1. The van der Waals surface area contributed by atoms with E-state index in [0.717, 1.165) is 5.56 Å². The molecule has 1 aliphatic heterocycles. The highest BCUT2D eigenvalue weighted by atomic mass is 16.3. The van der Waals surface area contributed by atoms with Crippen molar-refractivity contribution in [3.05, 3.63) is 102 Å². The first kappa shape index (κ1) is 19.4. The first-order valence-electron chi connectivity index (χ1n) is 9.59. The number of para-hydroxylation sites is 2. The largest absolute Gasteiger partial charge is 0.506 e. The Labute approximate surface area is 173 Å². The molecular weight excluding hydrogens is 380 g/mol. The summed E-state index contributed by atoms with van der Waals surface area (Å²) >= 11 is 0. The number of aliphatic hydroxyl groups excluding tert-OH is 1. The van der Waals surface area contributed by atoms with E-state index in [-0.39, 0.29) is 29.2 Å². The summed E-state index contributed by atoms with van der Waals surface area (Å²) in [6, 6.07) is 18.4. The predicted octanol–water partition coefficient (Wildman–Crippen LogP) is 3.89. The van der Waals surface area contributed by atoms with E-state index >= 15 is 0 Å². The fraction of sp³-hybridized carbons (Fsp3) is 0.125. The molecule has 0 saturated carbocycles. The fourth-order valence-corrected chi connectivity index (χ4v) is 3.70. The number of aryl methyl sites for hydroxylation is 1. The van der Waals surface area contributed by atoms with Crippen molar-refractivity contribution < 1.29 is 19.8 Å². The highest BCUT2D eigenvalue weighted by Crippen LogP contribution is 2.43. The van der Waals surface area contributed by atoms with E-state index in [4.69, 9.17) is 0 Å². The molecule has 6 heteroatoms. The van der Waals surface area contributed by atoms with Gasteiger partial charge in [0, 0.05) is 18.8 Å². The summed E-state index contributed by atoms with van der Waals surface area (Å²) in [6.45, 7) is 0. The zero-order valence-electron chi connectivity index (χ0n) is 16.1. The molecule has 2 N–H and O–H groups in total. The number of hydrogen-bond donors (Lipinski definition) is 2. The van der Waals surface area contributed by atoms with Crippen LogP contribution in [0.2, 0.25) is 0 Å². The number of ketones is 1. The van der Waals surface area contributed by atoms with Crippen molar-refractivity contribution in [2.45, 2.75) is 18.9 Å². The maximum absolute atomic E-state index is 13.1. The van der Waals surface area contributed by atoms with Crippen LogP contribution < -0.4 is 4.90 Å². The van der Waals surface area contributed by atoms with Crippen molar-refractivity contribution in [2.24, 2.45) is 0 Å². The standard InChI is InChI=1S/C24H20N2O4/c27-19-9-5-4-8-18(19)26-22(17-12-14-25-15-13-17)21(23(29)24(26)30)20(28)11-10-16-6-2-1-3-7-16/h1-9,12-15,22,27,29H,10-11H2. The normalized spacial score (nSPS) is 16.2. The van der Waals surface area contributed by atoms with Gasteiger partial charge in [-0.1, -0.05) is 42.5 Å². The second-order valence-electron chi connectivity index (χ2n) is 7.02. The number of phenols is 1. The van der Waals surface area contributed by atoms with Gasteiger partial charge in [0.15, 0.2) is 11.5 Å². The Morgan fingerprint density at radius 2 is 1.60 bits per heavy atom. The number of carbonyl (C=O) groups is 2. The van der Waals surface area contributed by atoms with E-state index in [9.17, 15) is 19.8 Å². The second-order valence-corrected chi connectivity index (χ2v) is 7.02. The lowest BCUT2D eigenvalue weighted by Crippen LogP contribution is -2.31. The lowest BCUT2D eigenvalue weighted by atomic mass is 9.93. The summed E-state index contributed by atoms with van der Waals surface area (Å²) in [7, 11) is 0. The van der Waals surface area contributed by atoms with Gasteiger partial charge in [-0.05, 0) is 41.8 Å². The predicted molar refractivity (Wildman–Crippen MR) is 112 cm³/mol. The quantitative estimate of drug-likeness (QED) is 0.655. The van der Waals surface area contributed by atoms with E-state index in [2.05, 4.69) is 4.98 Å². The van der Waals surface area contributed by atoms with Gasteiger partial charge in [0.25, 0.3) is 5.91 Å². The number of hydrogen-bond acceptors (Lipinski definition) is 5. The molecule has 30 heavy (non-hydrogen) atoms. The third kappa shape index (κ3) is 3.55. The molecule has 0 spiro atoms. The zero-order valence-corrected chi connectivity index (χ0v) is 16.1. The Hall–Kier alpha value is -3.93. The maximum atomic E-state index is 13.1. The molecule has 0 saturated heterocycles. The number of rotatable bonds is 6. The lowest BCUT2D eigenvalue weighted by molar-refractivity contribution is -0.118. The average Bonchev–Trinajstić information content (AvgIpc) is 3.04. The second kappa shape index (κ2) is 8.21. The SMILES string of the molecule is O=C(CCc1ccccc1)C1=C(O)C(=O)N(c2ccccc2O)C1c1ccncc1. The van der Waals surface area contributed by atoms with E-state index in [1.54, 1.807) is 42.7 Å². The number of benzene rings is 2. The molecule has 4 rings (SSSR count). The number of pyridine rings is 1. The summed E-state index contributed by atoms with van der Waals surface area (Å²) in [6.07, 6.45) is 3.76. The highest BCUT2D eigenvalue weighted by molar-refractivity contribution is 6.17. The molecule has 3 aromatic rings. The molecule has 1 unspecified atom stereocenters.